The molecule has 1 nitrogen and oxygen atoms in total. The number of pyridine rings is 1. The zero-order chi connectivity index (χ0) is 10.7. The summed E-state index contributed by atoms with van der Waals surface area (Å²) in [6.07, 6.45) is 10.7. The summed E-state index contributed by atoms with van der Waals surface area (Å²) in [5.41, 5.74) is 4.23. The number of allylic oxidation sites excluding steroid dienone is 4. The van der Waals surface area contributed by atoms with E-state index in [4.69, 9.17) is 0 Å². The molecule has 0 N–H and O–H groups in total. The summed E-state index contributed by atoms with van der Waals surface area (Å²) in [6.45, 7) is 4.50. The number of hydrogen-bond acceptors (Lipinski definition) is 1. The van der Waals surface area contributed by atoms with Gasteiger partial charge in [-0.15, -0.1) is 0 Å². The average molecular weight is 199 g/mol. The highest BCUT2D eigenvalue weighted by Crippen LogP contribution is 2.28. The molecule has 0 fully saturated rings. The predicted molar refractivity (Wildman–Crippen MR) is 64.4 cm³/mol. The van der Waals surface area contributed by atoms with E-state index in [1.165, 1.54) is 23.1 Å². The molecule has 0 aliphatic heterocycles. The predicted octanol–water partition coefficient (Wildman–Crippen LogP) is 3.84. The van der Waals surface area contributed by atoms with Crippen LogP contribution in [-0.4, -0.2) is 4.98 Å². The van der Waals surface area contributed by atoms with Crippen LogP contribution in [-0.2, 0) is 0 Å². The number of nitrogens with zero attached hydrogens (tertiary/aromatic N) is 1. The van der Waals surface area contributed by atoms with Crippen LogP contribution >= 0.6 is 0 Å². The average Bonchev–Trinajstić information content (AvgIpc) is 2.30. The van der Waals surface area contributed by atoms with Crippen LogP contribution in [0.5, 0.6) is 0 Å². The quantitative estimate of drug-likeness (QED) is 0.705. The Morgan fingerprint density at radius 3 is 2.60 bits per heavy atom. The molecule has 15 heavy (non-hydrogen) atoms. The maximum absolute atomic E-state index is 4.05. The second-order valence-electron chi connectivity index (χ2n) is 4.30. The number of rotatable bonds is 2. The van der Waals surface area contributed by atoms with Gasteiger partial charge < -0.3 is 0 Å². The molecular formula is C14H17N. The molecule has 1 aliphatic rings. The largest absolute Gasteiger partial charge is 0.265 e. The molecule has 1 aromatic heterocycles. The smallest absolute Gasteiger partial charge is 0.0273 e. The summed E-state index contributed by atoms with van der Waals surface area (Å²) < 4.78 is 0. The summed E-state index contributed by atoms with van der Waals surface area (Å²) in [5.74, 6) is 0.627. The molecule has 1 heterocycles. The second kappa shape index (κ2) is 4.43. The van der Waals surface area contributed by atoms with Crippen LogP contribution < -0.4 is 0 Å². The van der Waals surface area contributed by atoms with Crippen LogP contribution in [0.4, 0.5) is 0 Å². The molecular weight excluding hydrogens is 182 g/mol. The number of hydrogen-bond donors (Lipinski definition) is 0. The van der Waals surface area contributed by atoms with Gasteiger partial charge in [0.15, 0.2) is 0 Å². The van der Waals surface area contributed by atoms with Crippen molar-refractivity contribution in [2.45, 2.75) is 26.7 Å². The van der Waals surface area contributed by atoms with Crippen LogP contribution in [0.1, 0.15) is 32.3 Å². The minimum atomic E-state index is 0.627. The van der Waals surface area contributed by atoms with Gasteiger partial charge in [-0.05, 0) is 47.6 Å². The van der Waals surface area contributed by atoms with Gasteiger partial charge in [-0.1, -0.05) is 26.0 Å². The van der Waals surface area contributed by atoms with Gasteiger partial charge in [0.2, 0.25) is 0 Å². The van der Waals surface area contributed by atoms with Crippen molar-refractivity contribution in [3.05, 3.63) is 47.8 Å². The zero-order valence-corrected chi connectivity index (χ0v) is 9.40. The molecule has 0 saturated carbocycles. The van der Waals surface area contributed by atoms with Gasteiger partial charge >= 0.3 is 0 Å². The fourth-order valence-corrected chi connectivity index (χ4v) is 1.92. The highest BCUT2D eigenvalue weighted by molar-refractivity contribution is 5.69. The maximum atomic E-state index is 4.05. The summed E-state index contributed by atoms with van der Waals surface area (Å²) in [6, 6.07) is 4.18. The standard InChI is InChI=1S/C14H17N/c1-11(2)13-4-3-5-14(10-13)12-6-8-15-9-7-12/h4,6-11H,3,5H2,1-2H3. The van der Waals surface area contributed by atoms with Gasteiger partial charge in [0, 0.05) is 12.4 Å². The Labute approximate surface area is 91.6 Å². The second-order valence-corrected chi connectivity index (χ2v) is 4.30. The molecule has 2 rings (SSSR count). The molecule has 0 atom stereocenters. The van der Waals surface area contributed by atoms with Crippen molar-refractivity contribution >= 4 is 5.57 Å². The van der Waals surface area contributed by atoms with Crippen molar-refractivity contribution in [2.75, 3.05) is 0 Å². The van der Waals surface area contributed by atoms with E-state index >= 15 is 0 Å². The first-order chi connectivity index (χ1) is 7.27. The normalized spacial score (nSPS) is 16.2. The first kappa shape index (κ1) is 10.2. The fourth-order valence-electron chi connectivity index (χ4n) is 1.92. The highest BCUT2D eigenvalue weighted by atomic mass is 14.6. The van der Waals surface area contributed by atoms with E-state index < -0.39 is 0 Å². The van der Waals surface area contributed by atoms with E-state index in [1.54, 1.807) is 0 Å². The molecule has 1 heteroatoms. The third-order valence-electron chi connectivity index (χ3n) is 2.85. The lowest BCUT2D eigenvalue weighted by atomic mass is 9.90. The monoisotopic (exact) mass is 199 g/mol. The van der Waals surface area contributed by atoms with Crippen molar-refractivity contribution in [3.8, 4) is 0 Å². The molecule has 0 unspecified atom stereocenters. The molecule has 0 saturated heterocycles. The van der Waals surface area contributed by atoms with E-state index in [9.17, 15) is 0 Å². The Hall–Kier alpha value is -1.37. The Kier molecular flexibility index (Phi) is 3.00. The van der Waals surface area contributed by atoms with Crippen LogP contribution in [0.3, 0.4) is 0 Å². The SMILES string of the molecule is CC(C)C1=CCCC(c2ccncc2)=C1. The third-order valence-corrected chi connectivity index (χ3v) is 2.85. The van der Waals surface area contributed by atoms with Crippen LogP contribution in [0.25, 0.3) is 5.57 Å². The van der Waals surface area contributed by atoms with Crippen LogP contribution in [0, 0.1) is 5.92 Å². The first-order valence-corrected chi connectivity index (χ1v) is 5.58. The lowest BCUT2D eigenvalue weighted by Gasteiger charge is -2.16. The van der Waals surface area contributed by atoms with E-state index in [0.29, 0.717) is 5.92 Å². The summed E-state index contributed by atoms with van der Waals surface area (Å²) in [5, 5.41) is 0. The third kappa shape index (κ3) is 2.35. The molecule has 1 aromatic rings. The summed E-state index contributed by atoms with van der Waals surface area (Å²) >= 11 is 0. The Morgan fingerprint density at radius 2 is 1.93 bits per heavy atom. The minimum Gasteiger partial charge on any atom is -0.265 e. The van der Waals surface area contributed by atoms with Crippen molar-refractivity contribution in [1.29, 1.82) is 0 Å². The molecule has 1 aliphatic carbocycles. The Morgan fingerprint density at radius 1 is 1.20 bits per heavy atom. The number of aromatic nitrogens is 1. The van der Waals surface area contributed by atoms with Gasteiger partial charge in [0.25, 0.3) is 0 Å². The van der Waals surface area contributed by atoms with E-state index in [2.05, 4.69) is 43.1 Å². The Bertz CT molecular complexity index is 385. The van der Waals surface area contributed by atoms with Crippen molar-refractivity contribution in [3.63, 3.8) is 0 Å². The van der Waals surface area contributed by atoms with Gasteiger partial charge in [-0.25, -0.2) is 0 Å². The van der Waals surface area contributed by atoms with Crippen molar-refractivity contribution in [2.24, 2.45) is 5.92 Å². The van der Waals surface area contributed by atoms with Gasteiger partial charge in [-0.2, -0.15) is 0 Å². The molecule has 0 bridgehead atoms. The van der Waals surface area contributed by atoms with Crippen LogP contribution in [0.15, 0.2) is 42.3 Å². The van der Waals surface area contributed by atoms with Crippen molar-refractivity contribution < 1.29 is 0 Å². The van der Waals surface area contributed by atoms with Crippen LogP contribution in [0.2, 0.25) is 0 Å². The fraction of sp³-hybridized carbons (Fsp3) is 0.357. The zero-order valence-electron chi connectivity index (χ0n) is 9.40. The van der Waals surface area contributed by atoms with Crippen molar-refractivity contribution in [1.82, 2.24) is 4.98 Å². The molecule has 0 amide bonds. The first-order valence-electron chi connectivity index (χ1n) is 5.58. The Balaban J connectivity index is 2.28. The van der Waals surface area contributed by atoms with Gasteiger partial charge in [0.1, 0.15) is 0 Å². The van der Waals surface area contributed by atoms with E-state index in [1.807, 2.05) is 12.4 Å². The minimum absolute atomic E-state index is 0.627. The summed E-state index contributed by atoms with van der Waals surface area (Å²) in [7, 11) is 0. The highest BCUT2D eigenvalue weighted by Gasteiger charge is 2.09. The van der Waals surface area contributed by atoms with Gasteiger partial charge in [-0.3, -0.25) is 4.98 Å². The molecule has 0 aromatic carbocycles. The summed E-state index contributed by atoms with van der Waals surface area (Å²) in [4.78, 5) is 4.05. The molecule has 0 radical (unpaired) electrons. The lowest BCUT2D eigenvalue weighted by molar-refractivity contribution is 0.776. The molecule has 78 valence electrons. The van der Waals surface area contributed by atoms with E-state index in [-0.39, 0.29) is 0 Å². The van der Waals surface area contributed by atoms with E-state index in [0.717, 1.165) is 6.42 Å². The topological polar surface area (TPSA) is 12.9 Å². The molecule has 0 spiro atoms. The lowest BCUT2D eigenvalue weighted by Crippen LogP contribution is -1.98. The van der Waals surface area contributed by atoms with Gasteiger partial charge in [0.05, 0.1) is 0 Å². The maximum Gasteiger partial charge on any atom is 0.0273 e.